The Morgan fingerprint density at radius 1 is 1.12 bits per heavy atom. The Morgan fingerprint density at radius 3 is 2.64 bits per heavy atom. The Kier molecular flexibility index (Phi) is 4.94. The molecule has 2 aliphatic heterocycles. The molecule has 1 aromatic heterocycles. The van der Waals surface area contributed by atoms with Crippen molar-refractivity contribution in [1.82, 2.24) is 15.8 Å². The minimum Gasteiger partial charge on any atom is -0.367 e. The highest BCUT2D eigenvalue weighted by Gasteiger charge is 2.37. The van der Waals surface area contributed by atoms with Gasteiger partial charge in [-0.1, -0.05) is 29.8 Å². The molecule has 2 aliphatic rings. The van der Waals surface area contributed by atoms with E-state index in [2.05, 4.69) is 27.2 Å². The van der Waals surface area contributed by atoms with Gasteiger partial charge in [0.25, 0.3) is 0 Å². The molecule has 0 saturated carbocycles. The van der Waals surface area contributed by atoms with Gasteiger partial charge in [0.05, 0.1) is 22.7 Å². The second-order valence-electron chi connectivity index (χ2n) is 6.39. The number of piperazine rings is 1. The zero-order valence-electron chi connectivity index (χ0n) is 13.8. The summed E-state index contributed by atoms with van der Waals surface area (Å²) in [5, 5.41) is 2.82. The standard InChI is InChI=1S/C18H21ClN4OS/c19-14-4-1-2-5-15(14)22-7-9-23(10-8-22)18(24)13-12-20-21-17(13)16-6-3-11-25-16/h1-6,11,13,17,20-21H,7-10,12H2. The van der Waals surface area contributed by atoms with E-state index in [1.807, 2.05) is 35.2 Å². The molecule has 0 bridgehead atoms. The second kappa shape index (κ2) is 7.33. The first-order valence-electron chi connectivity index (χ1n) is 8.54. The Balaban J connectivity index is 1.40. The van der Waals surface area contributed by atoms with Crippen LogP contribution < -0.4 is 15.8 Å². The molecule has 2 unspecified atom stereocenters. The van der Waals surface area contributed by atoms with Gasteiger partial charge in [0, 0.05) is 37.6 Å². The topological polar surface area (TPSA) is 47.6 Å². The average molecular weight is 377 g/mol. The van der Waals surface area contributed by atoms with E-state index in [1.54, 1.807) is 11.3 Å². The van der Waals surface area contributed by atoms with E-state index < -0.39 is 0 Å². The van der Waals surface area contributed by atoms with Crippen molar-refractivity contribution in [2.45, 2.75) is 6.04 Å². The van der Waals surface area contributed by atoms with Gasteiger partial charge >= 0.3 is 0 Å². The van der Waals surface area contributed by atoms with Gasteiger partial charge < -0.3 is 9.80 Å². The fourth-order valence-corrected chi connectivity index (χ4v) is 4.67. The second-order valence-corrected chi connectivity index (χ2v) is 7.78. The Labute approximate surface area is 156 Å². The first-order valence-corrected chi connectivity index (χ1v) is 9.80. The number of thiophene rings is 1. The molecule has 1 aromatic carbocycles. The number of carbonyl (C=O) groups is 1. The fraction of sp³-hybridized carbons (Fsp3) is 0.389. The number of halogens is 1. The number of hydrazine groups is 1. The molecule has 25 heavy (non-hydrogen) atoms. The Morgan fingerprint density at radius 2 is 1.92 bits per heavy atom. The van der Waals surface area contributed by atoms with E-state index in [4.69, 9.17) is 11.6 Å². The van der Waals surface area contributed by atoms with Crippen LogP contribution in [0.15, 0.2) is 41.8 Å². The lowest BCUT2D eigenvalue weighted by Gasteiger charge is -2.38. The van der Waals surface area contributed by atoms with Gasteiger partial charge in [-0.3, -0.25) is 10.2 Å². The molecule has 2 N–H and O–H groups in total. The van der Waals surface area contributed by atoms with Crippen molar-refractivity contribution in [2.75, 3.05) is 37.6 Å². The van der Waals surface area contributed by atoms with Crippen LogP contribution in [0.3, 0.4) is 0 Å². The monoisotopic (exact) mass is 376 g/mol. The van der Waals surface area contributed by atoms with E-state index in [-0.39, 0.29) is 17.9 Å². The summed E-state index contributed by atoms with van der Waals surface area (Å²) in [5.41, 5.74) is 7.46. The largest absolute Gasteiger partial charge is 0.367 e. The van der Waals surface area contributed by atoms with Crippen LogP contribution in [0.2, 0.25) is 5.02 Å². The van der Waals surface area contributed by atoms with Crippen LogP contribution in [-0.2, 0) is 4.79 Å². The zero-order chi connectivity index (χ0) is 17.2. The Bertz CT molecular complexity index is 730. The number of para-hydroxylation sites is 1. The molecule has 132 valence electrons. The zero-order valence-corrected chi connectivity index (χ0v) is 15.4. The van der Waals surface area contributed by atoms with Crippen LogP contribution in [0.1, 0.15) is 10.9 Å². The molecule has 0 aliphatic carbocycles. The Hall–Kier alpha value is -1.60. The number of nitrogens with zero attached hydrogens (tertiary/aromatic N) is 2. The predicted molar refractivity (Wildman–Crippen MR) is 102 cm³/mol. The number of hydrogen-bond acceptors (Lipinski definition) is 5. The SMILES string of the molecule is O=C(C1CNNC1c1cccs1)N1CCN(c2ccccc2Cl)CC1. The van der Waals surface area contributed by atoms with Gasteiger partial charge in [0.1, 0.15) is 0 Å². The van der Waals surface area contributed by atoms with Crippen molar-refractivity contribution in [2.24, 2.45) is 5.92 Å². The summed E-state index contributed by atoms with van der Waals surface area (Å²) in [6, 6.07) is 12.1. The van der Waals surface area contributed by atoms with E-state index in [0.29, 0.717) is 6.54 Å². The minimum absolute atomic E-state index is 0.0505. The normalized spacial score (nSPS) is 23.9. The predicted octanol–water partition coefficient (Wildman–Crippen LogP) is 2.52. The van der Waals surface area contributed by atoms with E-state index >= 15 is 0 Å². The number of rotatable bonds is 3. The highest BCUT2D eigenvalue weighted by atomic mass is 35.5. The van der Waals surface area contributed by atoms with Gasteiger partial charge in [-0.2, -0.15) is 0 Å². The van der Waals surface area contributed by atoms with Gasteiger partial charge in [-0.05, 0) is 23.6 Å². The molecule has 3 heterocycles. The molecule has 7 heteroatoms. The van der Waals surface area contributed by atoms with Gasteiger partial charge in [0.2, 0.25) is 5.91 Å². The van der Waals surface area contributed by atoms with Gasteiger partial charge in [0.15, 0.2) is 0 Å². The molecule has 2 atom stereocenters. The first-order chi connectivity index (χ1) is 12.2. The number of amides is 1. The molecule has 5 nitrogen and oxygen atoms in total. The molecule has 2 saturated heterocycles. The van der Waals surface area contributed by atoms with E-state index in [1.165, 1.54) is 4.88 Å². The molecule has 0 radical (unpaired) electrons. The summed E-state index contributed by atoms with van der Waals surface area (Å²) in [7, 11) is 0. The first kappa shape index (κ1) is 16.8. The number of anilines is 1. The third-order valence-electron chi connectivity index (χ3n) is 4.93. The summed E-state index contributed by atoms with van der Waals surface area (Å²) in [5.74, 6) is 0.181. The van der Waals surface area contributed by atoms with Crippen LogP contribution in [-0.4, -0.2) is 43.5 Å². The summed E-state index contributed by atoms with van der Waals surface area (Å²) in [4.78, 5) is 18.5. The minimum atomic E-state index is -0.0505. The van der Waals surface area contributed by atoms with Gasteiger partial charge in [-0.25, -0.2) is 5.43 Å². The third kappa shape index (κ3) is 3.40. The van der Waals surface area contributed by atoms with Crippen LogP contribution in [0.5, 0.6) is 0 Å². The van der Waals surface area contributed by atoms with E-state index in [9.17, 15) is 4.79 Å². The summed E-state index contributed by atoms with van der Waals surface area (Å²) in [6.45, 7) is 3.76. The fourth-order valence-electron chi connectivity index (χ4n) is 3.58. The van der Waals surface area contributed by atoms with Crippen molar-refractivity contribution < 1.29 is 4.79 Å². The maximum Gasteiger partial charge on any atom is 0.229 e. The summed E-state index contributed by atoms with van der Waals surface area (Å²) >= 11 is 7.99. The average Bonchev–Trinajstić information content (AvgIpc) is 3.33. The molecular formula is C18H21ClN4OS. The highest BCUT2D eigenvalue weighted by molar-refractivity contribution is 7.10. The molecule has 0 spiro atoms. The molecule has 2 aromatic rings. The van der Waals surface area contributed by atoms with Crippen molar-refractivity contribution in [3.8, 4) is 0 Å². The van der Waals surface area contributed by atoms with Crippen LogP contribution in [0, 0.1) is 5.92 Å². The smallest absolute Gasteiger partial charge is 0.229 e. The lowest BCUT2D eigenvalue weighted by molar-refractivity contribution is -0.135. The summed E-state index contributed by atoms with van der Waals surface area (Å²) in [6.07, 6.45) is 0. The maximum absolute atomic E-state index is 13.0. The number of benzene rings is 1. The van der Waals surface area contributed by atoms with Crippen molar-refractivity contribution in [3.05, 3.63) is 51.7 Å². The maximum atomic E-state index is 13.0. The van der Waals surface area contributed by atoms with Crippen LogP contribution >= 0.6 is 22.9 Å². The summed E-state index contributed by atoms with van der Waals surface area (Å²) < 4.78 is 0. The number of nitrogens with one attached hydrogen (secondary N) is 2. The molecule has 2 fully saturated rings. The van der Waals surface area contributed by atoms with Crippen LogP contribution in [0.25, 0.3) is 0 Å². The number of hydrogen-bond donors (Lipinski definition) is 2. The van der Waals surface area contributed by atoms with Crippen molar-refractivity contribution in [3.63, 3.8) is 0 Å². The van der Waals surface area contributed by atoms with E-state index in [0.717, 1.165) is 36.9 Å². The van der Waals surface area contributed by atoms with Gasteiger partial charge in [-0.15, -0.1) is 11.3 Å². The van der Waals surface area contributed by atoms with Crippen molar-refractivity contribution in [1.29, 1.82) is 0 Å². The molecule has 1 amide bonds. The van der Waals surface area contributed by atoms with Crippen LogP contribution in [0.4, 0.5) is 5.69 Å². The molecule has 4 rings (SSSR count). The quantitative estimate of drug-likeness (QED) is 0.864. The highest BCUT2D eigenvalue weighted by Crippen LogP contribution is 2.31. The lowest BCUT2D eigenvalue weighted by atomic mass is 9.98. The molecular weight excluding hydrogens is 356 g/mol. The lowest BCUT2D eigenvalue weighted by Crippen LogP contribution is -2.51. The number of carbonyl (C=O) groups excluding carboxylic acids is 1. The third-order valence-corrected chi connectivity index (χ3v) is 6.21. The van der Waals surface area contributed by atoms with Crippen molar-refractivity contribution >= 4 is 34.5 Å².